The van der Waals surface area contributed by atoms with Crippen LogP contribution in [0, 0.1) is 11.8 Å². The number of anilines is 1. The van der Waals surface area contributed by atoms with E-state index in [0.29, 0.717) is 5.56 Å². The lowest BCUT2D eigenvalue weighted by atomic mass is 9.57. The van der Waals surface area contributed by atoms with E-state index in [-0.39, 0.29) is 34.7 Å². The number of amides is 2. The summed E-state index contributed by atoms with van der Waals surface area (Å²) in [6.07, 6.45) is 0.0692. The van der Waals surface area contributed by atoms with Crippen molar-refractivity contribution >= 4 is 46.4 Å². The third-order valence-electron chi connectivity index (χ3n) is 6.96. The van der Waals surface area contributed by atoms with Crippen molar-refractivity contribution in [3.05, 3.63) is 39.1 Å². The fourth-order valence-corrected chi connectivity index (χ4v) is 5.83. The quantitative estimate of drug-likeness (QED) is 0.252. The largest absolute Gasteiger partial charge is 0.508 e. The standard InChI is InChI=1S/C23H24ClN3O8/c1-7(28)26-15-11(24)6-9-4-8-5-10-16(27(2)3)19(31)14(22(25)34)21(33)23(10,35)20(32)13(8)17(29)12(9)18(15)30/h6,8,10,16,29-30,33,35H,4-5H2,1-3H3,(H2,25,34)(H,26,28)/t8-,10-,16-,23-/m0/s1. The normalized spacial score (nSPS) is 28.0. The molecule has 4 rings (SSSR count). The van der Waals surface area contributed by atoms with Gasteiger partial charge in [-0.05, 0) is 44.5 Å². The van der Waals surface area contributed by atoms with Crippen molar-refractivity contribution in [1.29, 1.82) is 0 Å². The molecule has 4 atom stereocenters. The number of ketones is 2. The Kier molecular flexibility index (Phi) is 5.70. The van der Waals surface area contributed by atoms with Gasteiger partial charge in [-0.25, -0.2) is 0 Å². The molecule has 1 aromatic rings. The second-order valence-corrected chi connectivity index (χ2v) is 9.67. The van der Waals surface area contributed by atoms with Crippen molar-refractivity contribution in [3.8, 4) is 5.75 Å². The molecule has 186 valence electrons. The summed E-state index contributed by atoms with van der Waals surface area (Å²) in [4.78, 5) is 51.7. The van der Waals surface area contributed by atoms with Crippen LogP contribution in [0.2, 0.25) is 5.02 Å². The number of hydrogen-bond donors (Lipinski definition) is 6. The highest BCUT2D eigenvalue weighted by Crippen LogP contribution is 2.53. The van der Waals surface area contributed by atoms with Gasteiger partial charge in [-0.1, -0.05) is 11.6 Å². The molecule has 0 aromatic heterocycles. The first-order valence-corrected chi connectivity index (χ1v) is 11.1. The molecule has 0 aliphatic heterocycles. The molecule has 0 bridgehead atoms. The van der Waals surface area contributed by atoms with Crippen LogP contribution in [0.5, 0.6) is 5.75 Å². The molecule has 1 aromatic carbocycles. The Hall–Kier alpha value is -3.41. The first-order chi connectivity index (χ1) is 16.2. The molecule has 11 nitrogen and oxygen atoms in total. The summed E-state index contributed by atoms with van der Waals surface area (Å²) >= 11 is 6.23. The van der Waals surface area contributed by atoms with Crippen molar-refractivity contribution in [3.63, 3.8) is 0 Å². The zero-order valence-electron chi connectivity index (χ0n) is 19.0. The first-order valence-electron chi connectivity index (χ1n) is 10.7. The van der Waals surface area contributed by atoms with Crippen molar-refractivity contribution in [2.75, 3.05) is 19.4 Å². The van der Waals surface area contributed by atoms with Gasteiger partial charge in [-0.15, -0.1) is 0 Å². The number of fused-ring (bicyclic) bond motifs is 3. The van der Waals surface area contributed by atoms with E-state index < -0.39 is 69.7 Å². The molecule has 12 heteroatoms. The number of halogens is 1. The van der Waals surface area contributed by atoms with E-state index in [2.05, 4.69) is 5.32 Å². The van der Waals surface area contributed by atoms with Gasteiger partial charge in [-0.3, -0.25) is 24.1 Å². The smallest absolute Gasteiger partial charge is 0.255 e. The average Bonchev–Trinajstić information content (AvgIpc) is 2.72. The number of carbonyl (C=O) groups is 4. The number of likely N-dealkylation sites (N-methyl/N-ethyl adjacent to an activating group) is 1. The molecule has 2 amide bonds. The molecule has 35 heavy (non-hydrogen) atoms. The van der Waals surface area contributed by atoms with Crippen LogP contribution in [0.15, 0.2) is 23.0 Å². The fraction of sp³-hybridized carbons (Fsp3) is 0.391. The second-order valence-electron chi connectivity index (χ2n) is 9.26. The van der Waals surface area contributed by atoms with Gasteiger partial charge in [0.25, 0.3) is 5.91 Å². The van der Waals surface area contributed by atoms with E-state index in [9.17, 15) is 39.6 Å². The lowest BCUT2D eigenvalue weighted by molar-refractivity contribution is -0.153. The molecule has 3 aliphatic carbocycles. The Morgan fingerprint density at radius 1 is 1.23 bits per heavy atom. The zero-order chi connectivity index (χ0) is 26.1. The topological polar surface area (TPSA) is 190 Å². The predicted octanol–water partition coefficient (Wildman–Crippen LogP) is 0.576. The fourth-order valence-electron chi connectivity index (χ4n) is 5.56. The lowest BCUT2D eigenvalue weighted by Crippen LogP contribution is -2.65. The molecule has 0 spiro atoms. The van der Waals surface area contributed by atoms with Crippen LogP contribution < -0.4 is 11.1 Å². The number of phenolic OH excluding ortho intramolecular Hbond substituents is 1. The van der Waals surface area contributed by atoms with Crippen molar-refractivity contribution < 1.29 is 39.6 Å². The number of aliphatic hydroxyl groups excluding tert-OH is 2. The summed E-state index contributed by atoms with van der Waals surface area (Å²) in [5, 5.41) is 46.6. The van der Waals surface area contributed by atoms with Gasteiger partial charge in [0.1, 0.15) is 22.8 Å². The highest BCUT2D eigenvalue weighted by atomic mass is 35.5. The Bertz CT molecular complexity index is 1280. The van der Waals surface area contributed by atoms with Crippen LogP contribution >= 0.6 is 11.6 Å². The molecular formula is C23H24ClN3O8. The summed E-state index contributed by atoms with van der Waals surface area (Å²) < 4.78 is 0. The number of aromatic hydroxyl groups is 1. The number of nitrogens with one attached hydrogen (secondary N) is 1. The van der Waals surface area contributed by atoms with Crippen LogP contribution in [-0.4, -0.2) is 74.4 Å². The van der Waals surface area contributed by atoms with E-state index in [1.54, 1.807) is 0 Å². The highest BCUT2D eigenvalue weighted by molar-refractivity contribution is 6.34. The van der Waals surface area contributed by atoms with Gasteiger partial charge < -0.3 is 31.5 Å². The molecule has 3 aliphatic rings. The maximum atomic E-state index is 13.7. The minimum atomic E-state index is -2.72. The van der Waals surface area contributed by atoms with Gasteiger partial charge in [0.15, 0.2) is 17.1 Å². The van der Waals surface area contributed by atoms with Crippen LogP contribution in [0.1, 0.15) is 24.5 Å². The van der Waals surface area contributed by atoms with Crippen molar-refractivity contribution in [2.24, 2.45) is 17.6 Å². The maximum absolute atomic E-state index is 13.7. The Balaban J connectivity index is 1.96. The molecule has 1 saturated carbocycles. The summed E-state index contributed by atoms with van der Waals surface area (Å²) in [6.45, 7) is 1.20. The van der Waals surface area contributed by atoms with Crippen LogP contribution in [0.3, 0.4) is 0 Å². The van der Waals surface area contributed by atoms with E-state index in [4.69, 9.17) is 17.3 Å². The van der Waals surface area contributed by atoms with Gasteiger partial charge in [0.2, 0.25) is 11.7 Å². The third-order valence-corrected chi connectivity index (χ3v) is 7.26. The summed E-state index contributed by atoms with van der Waals surface area (Å²) in [5.74, 6) is -8.05. The molecule has 0 saturated heterocycles. The SMILES string of the molecule is CC(=O)Nc1c(Cl)cc2c(c1O)C(O)=C1C(=O)[C@]3(O)C(O)=C(C(N)=O)C(=O)[C@@H](N(C)C)[C@@H]3C[C@@H]1C2. The van der Waals surface area contributed by atoms with Gasteiger partial charge in [0.05, 0.1) is 16.6 Å². The summed E-state index contributed by atoms with van der Waals surface area (Å²) in [5.41, 5.74) is 1.46. The predicted molar refractivity (Wildman–Crippen MR) is 124 cm³/mol. The van der Waals surface area contributed by atoms with Gasteiger partial charge in [0, 0.05) is 18.4 Å². The molecule has 0 radical (unpaired) electrons. The minimum absolute atomic E-state index is 0.0111. The van der Waals surface area contributed by atoms with Gasteiger partial charge in [-0.2, -0.15) is 0 Å². The van der Waals surface area contributed by atoms with Crippen LogP contribution in [-0.2, 0) is 25.6 Å². The molecule has 0 heterocycles. The Morgan fingerprint density at radius 2 is 1.86 bits per heavy atom. The summed E-state index contributed by atoms with van der Waals surface area (Å²) in [7, 11) is 3.05. The average molecular weight is 506 g/mol. The number of nitrogens with zero attached hydrogens (tertiary/aromatic N) is 1. The van der Waals surface area contributed by atoms with E-state index >= 15 is 0 Å². The number of benzene rings is 1. The number of phenols is 1. The van der Waals surface area contributed by atoms with Crippen LogP contribution in [0.25, 0.3) is 5.76 Å². The maximum Gasteiger partial charge on any atom is 0.255 e. The summed E-state index contributed by atoms with van der Waals surface area (Å²) in [6, 6.07) is 0.282. The van der Waals surface area contributed by atoms with Gasteiger partial charge >= 0.3 is 0 Å². The third kappa shape index (κ3) is 3.33. The van der Waals surface area contributed by atoms with Crippen LogP contribution in [0.4, 0.5) is 5.69 Å². The number of rotatable bonds is 3. The number of aliphatic hydroxyl groups is 3. The van der Waals surface area contributed by atoms with E-state index in [0.717, 1.165) is 0 Å². The number of hydrogen-bond acceptors (Lipinski definition) is 9. The number of Topliss-reactive ketones (excluding diaryl/α,β-unsaturated/α-hetero) is 2. The number of carbonyl (C=O) groups excluding carboxylic acids is 4. The molecule has 7 N–H and O–H groups in total. The Morgan fingerprint density at radius 3 is 2.40 bits per heavy atom. The highest BCUT2D eigenvalue weighted by Gasteiger charge is 2.64. The number of primary amides is 1. The monoisotopic (exact) mass is 505 g/mol. The molecular weight excluding hydrogens is 482 g/mol. The second kappa shape index (κ2) is 8.08. The zero-order valence-corrected chi connectivity index (χ0v) is 19.8. The van der Waals surface area contributed by atoms with Crippen molar-refractivity contribution in [2.45, 2.75) is 31.4 Å². The van der Waals surface area contributed by atoms with E-state index in [1.807, 2.05) is 0 Å². The van der Waals surface area contributed by atoms with E-state index in [1.165, 1.54) is 32.0 Å². The van der Waals surface area contributed by atoms with Crippen molar-refractivity contribution in [1.82, 2.24) is 4.90 Å². The molecule has 1 fully saturated rings. The Labute approximate surface area is 204 Å². The minimum Gasteiger partial charge on any atom is -0.508 e. The molecule has 0 unspecified atom stereocenters. The number of nitrogens with two attached hydrogens (primary N) is 1. The lowest BCUT2D eigenvalue weighted by Gasteiger charge is -2.50. The first kappa shape index (κ1) is 24.7.